The molecule has 8 atom stereocenters. The van der Waals surface area contributed by atoms with Gasteiger partial charge >= 0.3 is 0 Å². The van der Waals surface area contributed by atoms with Crippen molar-refractivity contribution in [3.63, 3.8) is 0 Å². The summed E-state index contributed by atoms with van der Waals surface area (Å²) in [4.78, 5) is 0. The van der Waals surface area contributed by atoms with E-state index in [4.69, 9.17) is 4.43 Å². The molecule has 0 radical (unpaired) electrons. The molecule has 0 heterocycles. The summed E-state index contributed by atoms with van der Waals surface area (Å²) in [6, 6.07) is 0. The molecule has 0 aromatic heterocycles. The fraction of sp³-hybridized carbons (Fsp3) is 0.933. The Balaban J connectivity index is 1.45. The van der Waals surface area contributed by atoms with Gasteiger partial charge in [0.05, 0.1) is 5.60 Å². The first-order chi connectivity index (χ1) is 15.2. The lowest BCUT2D eigenvalue weighted by Gasteiger charge is -2.58. The monoisotopic (exact) mass is 474 g/mol. The van der Waals surface area contributed by atoms with Crippen molar-refractivity contribution in [2.24, 2.45) is 40.4 Å². The maximum Gasteiger partial charge on any atom is 0.184 e. The number of fused-ring (bicyclic) bond motifs is 5. The summed E-state index contributed by atoms with van der Waals surface area (Å²) < 4.78 is 6.57. The first-order valence-electron chi connectivity index (χ1n) is 14.3. The fourth-order valence-electron chi connectivity index (χ4n) is 9.26. The lowest BCUT2D eigenvalue weighted by molar-refractivity contribution is -0.0565. The van der Waals surface area contributed by atoms with E-state index >= 15 is 0 Å². The molecule has 0 bridgehead atoms. The number of rotatable bonds is 7. The summed E-state index contributed by atoms with van der Waals surface area (Å²) in [5, 5.41) is 10.1. The minimum Gasteiger partial charge on any atom is -0.414 e. The van der Waals surface area contributed by atoms with Crippen LogP contribution in [0.4, 0.5) is 0 Å². The first kappa shape index (κ1) is 26.0. The SMILES string of the molecule is CC(CCCC(C)(C)O)C1CCC2C3CC=C4CC(O[Si](C)(C)C)CCC4(C)C3CCC12C. The Morgan fingerprint density at radius 2 is 1.82 bits per heavy atom. The highest BCUT2D eigenvalue weighted by molar-refractivity contribution is 6.69. The zero-order valence-electron chi connectivity index (χ0n) is 23.2. The fourth-order valence-corrected chi connectivity index (χ4v) is 10.5. The molecule has 8 unspecified atom stereocenters. The Morgan fingerprint density at radius 3 is 2.48 bits per heavy atom. The maximum atomic E-state index is 10.1. The predicted molar refractivity (Wildman–Crippen MR) is 143 cm³/mol. The molecule has 0 amide bonds. The molecule has 0 saturated heterocycles. The zero-order chi connectivity index (χ0) is 24.2. The van der Waals surface area contributed by atoms with E-state index in [1.54, 1.807) is 5.57 Å². The average Bonchev–Trinajstić information content (AvgIpc) is 3.03. The third-order valence-corrected chi connectivity index (χ3v) is 11.8. The molecule has 0 aromatic carbocycles. The Kier molecular flexibility index (Phi) is 7.14. The maximum absolute atomic E-state index is 10.1. The van der Waals surface area contributed by atoms with Gasteiger partial charge in [-0.1, -0.05) is 45.3 Å². The molecular formula is C30H54O2Si. The van der Waals surface area contributed by atoms with Crippen LogP contribution in [0.25, 0.3) is 0 Å². The summed E-state index contributed by atoms with van der Waals surface area (Å²) in [5.41, 5.74) is 2.21. The van der Waals surface area contributed by atoms with Crippen molar-refractivity contribution < 1.29 is 9.53 Å². The van der Waals surface area contributed by atoms with Crippen LogP contribution in [0.2, 0.25) is 19.6 Å². The smallest absolute Gasteiger partial charge is 0.184 e. The molecule has 0 aromatic rings. The highest BCUT2D eigenvalue weighted by Crippen LogP contribution is 2.67. The van der Waals surface area contributed by atoms with E-state index in [-0.39, 0.29) is 0 Å². The highest BCUT2D eigenvalue weighted by Gasteiger charge is 2.59. The summed E-state index contributed by atoms with van der Waals surface area (Å²) >= 11 is 0. The third-order valence-electron chi connectivity index (χ3n) is 10.8. The van der Waals surface area contributed by atoms with Gasteiger partial charge in [-0.05, 0) is 132 Å². The summed E-state index contributed by atoms with van der Waals surface area (Å²) in [6.07, 6.45) is 17.5. The van der Waals surface area contributed by atoms with Gasteiger partial charge in [0.25, 0.3) is 0 Å². The van der Waals surface area contributed by atoms with Crippen LogP contribution in [0.5, 0.6) is 0 Å². The van der Waals surface area contributed by atoms with E-state index in [0.717, 1.165) is 36.0 Å². The van der Waals surface area contributed by atoms with Crippen LogP contribution in [0.1, 0.15) is 105 Å². The van der Waals surface area contributed by atoms with Crippen LogP contribution in [0, 0.1) is 40.4 Å². The normalized spacial score (nSPS) is 42.2. The van der Waals surface area contributed by atoms with E-state index < -0.39 is 13.9 Å². The van der Waals surface area contributed by atoms with Gasteiger partial charge in [-0.3, -0.25) is 0 Å². The lowest BCUT2D eigenvalue weighted by atomic mass is 9.47. The molecule has 0 aliphatic heterocycles. The van der Waals surface area contributed by atoms with E-state index in [0.29, 0.717) is 16.9 Å². The minimum absolute atomic E-state index is 0.431. The van der Waals surface area contributed by atoms with E-state index in [1.165, 1.54) is 64.2 Å². The molecule has 4 aliphatic carbocycles. The van der Waals surface area contributed by atoms with Crippen molar-refractivity contribution in [3.8, 4) is 0 Å². The van der Waals surface area contributed by atoms with E-state index in [2.05, 4.69) is 46.5 Å². The van der Waals surface area contributed by atoms with Gasteiger partial charge in [-0.25, -0.2) is 0 Å². The molecule has 0 spiro atoms. The van der Waals surface area contributed by atoms with Crippen LogP contribution in [0.15, 0.2) is 11.6 Å². The van der Waals surface area contributed by atoms with Crippen molar-refractivity contribution in [1.82, 2.24) is 0 Å². The van der Waals surface area contributed by atoms with Gasteiger partial charge in [-0.2, -0.15) is 0 Å². The number of hydrogen-bond donors (Lipinski definition) is 1. The molecular weight excluding hydrogens is 420 g/mol. The van der Waals surface area contributed by atoms with Gasteiger partial charge in [0.1, 0.15) is 0 Å². The lowest BCUT2D eigenvalue weighted by Crippen LogP contribution is -2.51. The first-order valence-corrected chi connectivity index (χ1v) is 17.7. The second-order valence-electron chi connectivity index (χ2n) is 14.8. The zero-order valence-corrected chi connectivity index (χ0v) is 24.2. The second kappa shape index (κ2) is 9.07. The Hall–Kier alpha value is -0.123. The number of aliphatic hydroxyl groups is 1. The van der Waals surface area contributed by atoms with Crippen molar-refractivity contribution in [2.45, 2.75) is 137 Å². The Labute approximate surface area is 206 Å². The van der Waals surface area contributed by atoms with E-state index in [9.17, 15) is 5.11 Å². The average molecular weight is 475 g/mol. The molecule has 4 rings (SSSR count). The molecule has 1 N–H and O–H groups in total. The van der Waals surface area contributed by atoms with Crippen LogP contribution in [0.3, 0.4) is 0 Å². The van der Waals surface area contributed by atoms with Crippen LogP contribution < -0.4 is 0 Å². The second-order valence-corrected chi connectivity index (χ2v) is 19.2. The molecule has 3 heteroatoms. The minimum atomic E-state index is -1.47. The largest absolute Gasteiger partial charge is 0.414 e. The summed E-state index contributed by atoms with van der Waals surface area (Å²) in [5.74, 6) is 4.39. The number of allylic oxidation sites excluding steroid dienone is 1. The van der Waals surface area contributed by atoms with Crippen molar-refractivity contribution >= 4 is 8.32 Å². The van der Waals surface area contributed by atoms with Crippen molar-refractivity contribution in [2.75, 3.05) is 0 Å². The molecule has 33 heavy (non-hydrogen) atoms. The van der Waals surface area contributed by atoms with Gasteiger partial charge in [0.15, 0.2) is 8.32 Å². The van der Waals surface area contributed by atoms with Gasteiger partial charge in [-0.15, -0.1) is 0 Å². The quantitative estimate of drug-likeness (QED) is 0.296. The van der Waals surface area contributed by atoms with Gasteiger partial charge < -0.3 is 9.53 Å². The third kappa shape index (κ3) is 5.21. The molecule has 3 saturated carbocycles. The standard InChI is InChI=1S/C30H54O2Si/c1-21(10-9-17-28(2,3)31)25-13-14-26-24-12-11-22-20-23(32-33(6,7)8)15-18-29(22,4)27(24)16-19-30(25,26)5/h11,21,23-27,31H,9-10,12-20H2,1-8H3. The molecule has 3 fully saturated rings. The van der Waals surface area contributed by atoms with E-state index in [1.807, 2.05) is 13.8 Å². The van der Waals surface area contributed by atoms with Crippen molar-refractivity contribution in [1.29, 1.82) is 0 Å². The molecule has 4 aliphatic rings. The Morgan fingerprint density at radius 1 is 1.09 bits per heavy atom. The van der Waals surface area contributed by atoms with Crippen LogP contribution in [-0.2, 0) is 4.43 Å². The van der Waals surface area contributed by atoms with Crippen molar-refractivity contribution in [3.05, 3.63) is 11.6 Å². The molecule has 190 valence electrons. The van der Waals surface area contributed by atoms with Gasteiger partial charge in [0.2, 0.25) is 0 Å². The number of hydrogen-bond acceptors (Lipinski definition) is 2. The summed E-state index contributed by atoms with van der Waals surface area (Å²) in [7, 11) is -1.47. The van der Waals surface area contributed by atoms with Gasteiger partial charge in [0, 0.05) is 6.10 Å². The summed E-state index contributed by atoms with van der Waals surface area (Å²) in [6.45, 7) is 18.8. The van der Waals surface area contributed by atoms with Crippen LogP contribution >= 0.6 is 0 Å². The topological polar surface area (TPSA) is 29.5 Å². The molecule has 2 nitrogen and oxygen atoms in total. The predicted octanol–water partition coefficient (Wildman–Crippen LogP) is 8.36. The van der Waals surface area contributed by atoms with Crippen LogP contribution in [-0.4, -0.2) is 25.1 Å². The Bertz CT molecular complexity index is 731. The highest BCUT2D eigenvalue weighted by atomic mass is 28.4.